The molecule has 4 rings (SSSR count). The molecule has 1 fully saturated rings. The van der Waals surface area contributed by atoms with Gasteiger partial charge in [-0.1, -0.05) is 23.8 Å². The van der Waals surface area contributed by atoms with Crippen LogP contribution in [0.15, 0.2) is 36.0 Å². The molecule has 1 saturated heterocycles. The lowest BCUT2D eigenvalue weighted by Gasteiger charge is -2.39. The Morgan fingerprint density at radius 1 is 1.27 bits per heavy atom. The van der Waals surface area contributed by atoms with Gasteiger partial charge in [0.1, 0.15) is 24.4 Å². The number of H-pyrrole nitrogens is 1. The predicted octanol–water partition coefficient (Wildman–Crippen LogP) is 0.158. The van der Waals surface area contributed by atoms with Gasteiger partial charge in [0.05, 0.1) is 13.2 Å². The van der Waals surface area contributed by atoms with E-state index in [-0.39, 0.29) is 18.6 Å². The maximum absolute atomic E-state index is 10.1. The van der Waals surface area contributed by atoms with Crippen LogP contribution in [0, 0.1) is 0 Å². The summed E-state index contributed by atoms with van der Waals surface area (Å²) >= 11 is 0. The van der Waals surface area contributed by atoms with Gasteiger partial charge in [0.15, 0.2) is 6.29 Å². The van der Waals surface area contributed by atoms with Crippen LogP contribution in [0.1, 0.15) is 24.0 Å². The van der Waals surface area contributed by atoms with E-state index in [0.717, 1.165) is 17.5 Å². The number of hydrogen-bond donors (Lipinski definition) is 6. The van der Waals surface area contributed by atoms with Crippen molar-refractivity contribution in [1.82, 2.24) is 10.3 Å². The van der Waals surface area contributed by atoms with E-state index in [2.05, 4.69) is 40.8 Å². The molecule has 164 valence electrons. The summed E-state index contributed by atoms with van der Waals surface area (Å²) in [4.78, 5) is 3.35. The third kappa shape index (κ3) is 3.80. The minimum absolute atomic E-state index is 0.153. The Morgan fingerprint density at radius 2 is 2.07 bits per heavy atom. The highest BCUT2D eigenvalue weighted by Crippen LogP contribution is 2.38. The molecule has 0 radical (unpaired) electrons. The molecule has 2 aliphatic rings. The van der Waals surface area contributed by atoms with E-state index in [1.807, 2.05) is 14.0 Å². The Hall–Kier alpha value is -1.78. The van der Waals surface area contributed by atoms with Crippen LogP contribution in [0.3, 0.4) is 0 Å². The summed E-state index contributed by atoms with van der Waals surface area (Å²) in [7, 11) is 1.96. The Balaban J connectivity index is 1.51. The van der Waals surface area contributed by atoms with Crippen molar-refractivity contribution >= 4 is 10.9 Å². The monoisotopic (exact) mass is 418 g/mol. The lowest BCUT2D eigenvalue weighted by Crippen LogP contribution is -2.59. The fraction of sp³-hybridized carbons (Fsp3) is 0.545. The quantitative estimate of drug-likeness (QED) is 0.369. The number of rotatable bonds is 6. The van der Waals surface area contributed by atoms with Gasteiger partial charge in [0.25, 0.3) is 0 Å². The summed E-state index contributed by atoms with van der Waals surface area (Å²) in [6, 6.07) is 6.52. The summed E-state index contributed by atoms with van der Waals surface area (Å²) in [5, 5.41) is 44.0. The first-order chi connectivity index (χ1) is 14.4. The molecule has 2 aromatic rings. The minimum atomic E-state index is -1.44. The van der Waals surface area contributed by atoms with E-state index in [1.54, 1.807) is 0 Å². The predicted molar refractivity (Wildman–Crippen MR) is 111 cm³/mol. The maximum atomic E-state index is 10.1. The van der Waals surface area contributed by atoms with Crippen molar-refractivity contribution < 1.29 is 29.9 Å². The number of aromatic nitrogens is 1. The smallest absolute Gasteiger partial charge is 0.187 e. The number of ether oxygens (including phenoxy) is 2. The van der Waals surface area contributed by atoms with Crippen molar-refractivity contribution in [3.63, 3.8) is 0 Å². The molecule has 6 N–H and O–H groups in total. The average Bonchev–Trinajstić information content (AvgIpc) is 3.17. The molecule has 1 aliphatic carbocycles. The zero-order chi connectivity index (χ0) is 21.4. The molecule has 0 bridgehead atoms. The molecule has 8 heteroatoms. The van der Waals surface area contributed by atoms with Crippen molar-refractivity contribution in [2.75, 3.05) is 20.3 Å². The van der Waals surface area contributed by atoms with Gasteiger partial charge in [-0.3, -0.25) is 0 Å². The minimum Gasteiger partial charge on any atom is -0.394 e. The van der Waals surface area contributed by atoms with E-state index in [4.69, 9.17) is 9.47 Å². The second-order valence-corrected chi connectivity index (χ2v) is 8.23. The Kier molecular flexibility index (Phi) is 6.26. The van der Waals surface area contributed by atoms with Crippen LogP contribution in [0.5, 0.6) is 0 Å². The molecule has 0 saturated carbocycles. The van der Waals surface area contributed by atoms with Crippen molar-refractivity contribution in [2.24, 2.45) is 0 Å². The van der Waals surface area contributed by atoms with Crippen LogP contribution < -0.4 is 5.32 Å². The van der Waals surface area contributed by atoms with Gasteiger partial charge >= 0.3 is 0 Å². The summed E-state index contributed by atoms with van der Waals surface area (Å²) in [6.45, 7) is 1.66. The number of nitrogens with one attached hydrogen (secondary N) is 2. The molecule has 1 aromatic carbocycles. The average molecular weight is 418 g/mol. The molecule has 0 spiro atoms. The maximum Gasteiger partial charge on any atom is 0.187 e. The van der Waals surface area contributed by atoms with Gasteiger partial charge in [0, 0.05) is 29.1 Å². The highest BCUT2D eigenvalue weighted by molar-refractivity contribution is 5.88. The van der Waals surface area contributed by atoms with Gasteiger partial charge in [-0.2, -0.15) is 0 Å². The first-order valence-corrected chi connectivity index (χ1v) is 10.3. The first-order valence-electron chi connectivity index (χ1n) is 10.3. The Labute approximate surface area is 175 Å². The van der Waals surface area contributed by atoms with E-state index in [1.165, 1.54) is 16.5 Å². The molecule has 30 heavy (non-hydrogen) atoms. The van der Waals surface area contributed by atoms with Gasteiger partial charge in [-0.05, 0) is 37.6 Å². The van der Waals surface area contributed by atoms with Crippen LogP contribution in [0.2, 0.25) is 0 Å². The molecule has 1 aliphatic heterocycles. The van der Waals surface area contributed by atoms with Crippen molar-refractivity contribution in [2.45, 2.75) is 56.0 Å². The molecule has 0 unspecified atom stereocenters. The SMILES string of the molecule is CN[C@@H]1Cc2c[nH]c3cccc(c23)[C@H]1/C=C(\C)CO[C@H]1O[C@H](CO)[C@H](O)[C@H](O)[C@H]1O. The first kappa shape index (κ1) is 21.5. The van der Waals surface area contributed by atoms with Crippen LogP contribution in [-0.2, 0) is 15.9 Å². The van der Waals surface area contributed by atoms with Crippen molar-refractivity contribution in [1.29, 1.82) is 0 Å². The Bertz CT molecular complexity index is 910. The van der Waals surface area contributed by atoms with E-state index < -0.39 is 37.3 Å². The number of aromatic amines is 1. The third-order valence-electron chi connectivity index (χ3n) is 6.21. The fourth-order valence-electron chi connectivity index (χ4n) is 4.57. The summed E-state index contributed by atoms with van der Waals surface area (Å²) < 4.78 is 11.1. The van der Waals surface area contributed by atoms with Crippen LogP contribution in [-0.4, -0.2) is 82.4 Å². The molecule has 7 atom stereocenters. The van der Waals surface area contributed by atoms with Gasteiger partial charge in [-0.25, -0.2) is 0 Å². The lowest BCUT2D eigenvalue weighted by molar-refractivity contribution is -0.299. The molecular formula is C22H30N2O6. The molecule has 2 heterocycles. The Morgan fingerprint density at radius 3 is 2.80 bits per heavy atom. The highest BCUT2D eigenvalue weighted by atomic mass is 16.7. The summed E-state index contributed by atoms with van der Waals surface area (Å²) in [5.41, 5.74) is 4.64. The second kappa shape index (κ2) is 8.76. The van der Waals surface area contributed by atoms with Crippen molar-refractivity contribution in [3.05, 3.63) is 47.2 Å². The normalized spacial score (nSPS) is 34.5. The third-order valence-corrected chi connectivity index (χ3v) is 6.21. The topological polar surface area (TPSA) is 127 Å². The number of benzene rings is 1. The molecule has 8 nitrogen and oxygen atoms in total. The zero-order valence-corrected chi connectivity index (χ0v) is 17.2. The van der Waals surface area contributed by atoms with Crippen LogP contribution >= 0.6 is 0 Å². The van der Waals surface area contributed by atoms with Crippen molar-refractivity contribution in [3.8, 4) is 0 Å². The van der Waals surface area contributed by atoms with Gasteiger partial charge < -0.3 is 40.2 Å². The molecule has 0 amide bonds. The molecular weight excluding hydrogens is 388 g/mol. The van der Waals surface area contributed by atoms with Gasteiger partial charge in [-0.15, -0.1) is 0 Å². The highest BCUT2D eigenvalue weighted by Gasteiger charge is 2.44. The number of aliphatic hydroxyl groups excluding tert-OH is 4. The lowest BCUT2D eigenvalue weighted by atomic mass is 9.79. The number of aliphatic hydroxyl groups is 4. The standard InChI is InChI=1S/C22H30N2O6/c1-11(10-29-22-21(28)20(27)19(26)17(9-25)30-22)6-14-13-4-3-5-15-18(13)12(8-24-15)7-16(14)23-2/h3-6,8,14,16-17,19-28H,7,9-10H2,1-2H3/b11-6+/t14-,16-,17-,19+,20+,21-,22+/m1/s1. The van der Waals surface area contributed by atoms with Gasteiger partial charge in [0.2, 0.25) is 0 Å². The van der Waals surface area contributed by atoms with E-state index in [9.17, 15) is 20.4 Å². The number of hydrogen-bond acceptors (Lipinski definition) is 7. The zero-order valence-electron chi connectivity index (χ0n) is 17.2. The number of likely N-dealkylation sites (N-methyl/N-ethyl adjacent to an activating group) is 1. The second-order valence-electron chi connectivity index (χ2n) is 8.23. The fourth-order valence-corrected chi connectivity index (χ4v) is 4.57. The van der Waals surface area contributed by atoms with Crippen LogP contribution in [0.4, 0.5) is 0 Å². The van der Waals surface area contributed by atoms with E-state index in [0.29, 0.717) is 0 Å². The molecule has 1 aromatic heterocycles. The van der Waals surface area contributed by atoms with Crippen LogP contribution in [0.25, 0.3) is 10.9 Å². The summed E-state index contributed by atoms with van der Waals surface area (Å²) in [6.07, 6.45) is -1.19. The van der Waals surface area contributed by atoms with E-state index >= 15 is 0 Å². The largest absolute Gasteiger partial charge is 0.394 e. The summed E-state index contributed by atoms with van der Waals surface area (Å²) in [5.74, 6) is 0.153.